The third kappa shape index (κ3) is 4.01. The molecule has 2 nitrogen and oxygen atoms in total. The maximum atomic E-state index is 4.16. The third-order valence-electron chi connectivity index (χ3n) is 1.07. The molecule has 0 aromatic rings. The highest BCUT2D eigenvalue weighted by Crippen LogP contribution is 1.94. The average Bonchev–Trinajstić information content (AvgIpc) is 1.88. The fourth-order valence-corrected chi connectivity index (χ4v) is 0.535. The number of hydrogen-bond acceptors (Lipinski definition) is 1. The Morgan fingerprint density at radius 3 is 2.20 bits per heavy atom. The van der Waals surface area contributed by atoms with Gasteiger partial charge in [0, 0.05) is 11.9 Å². The SMILES string of the molecule is CC=NC(C)=N/C(C)=C/C. The van der Waals surface area contributed by atoms with Gasteiger partial charge in [-0.15, -0.1) is 0 Å². The van der Waals surface area contributed by atoms with Crippen LogP contribution in [0.5, 0.6) is 0 Å². The van der Waals surface area contributed by atoms with E-state index in [0.717, 1.165) is 11.5 Å². The molecule has 0 N–H and O–H groups in total. The third-order valence-corrected chi connectivity index (χ3v) is 1.07. The zero-order chi connectivity index (χ0) is 7.98. The Hall–Kier alpha value is -0.920. The minimum Gasteiger partial charge on any atom is -0.246 e. The maximum Gasteiger partial charge on any atom is 0.125 e. The van der Waals surface area contributed by atoms with Gasteiger partial charge in [-0.05, 0) is 27.7 Å². The average molecular weight is 138 g/mol. The van der Waals surface area contributed by atoms with Gasteiger partial charge in [-0.25, -0.2) is 9.98 Å². The Morgan fingerprint density at radius 2 is 1.80 bits per heavy atom. The molecule has 0 saturated heterocycles. The summed E-state index contributed by atoms with van der Waals surface area (Å²) in [5.41, 5.74) is 1.00. The fourth-order valence-electron chi connectivity index (χ4n) is 0.535. The quantitative estimate of drug-likeness (QED) is 0.392. The molecule has 2 heteroatoms. The second kappa shape index (κ2) is 4.91. The van der Waals surface area contributed by atoms with E-state index in [1.807, 2.05) is 33.8 Å². The van der Waals surface area contributed by atoms with Crippen LogP contribution in [0, 0.1) is 0 Å². The molecule has 0 atom stereocenters. The van der Waals surface area contributed by atoms with Gasteiger partial charge >= 0.3 is 0 Å². The Bertz CT molecular complexity index is 176. The zero-order valence-electron chi connectivity index (χ0n) is 7.05. The van der Waals surface area contributed by atoms with Gasteiger partial charge < -0.3 is 0 Å². The smallest absolute Gasteiger partial charge is 0.125 e. The molecule has 0 amide bonds. The van der Waals surface area contributed by atoms with Crippen LogP contribution in [0.3, 0.4) is 0 Å². The normalized spacial score (nSPS) is 14.8. The lowest BCUT2D eigenvalue weighted by Gasteiger charge is -1.90. The molecule has 0 heterocycles. The summed E-state index contributed by atoms with van der Waals surface area (Å²) < 4.78 is 0. The van der Waals surface area contributed by atoms with Crippen LogP contribution in [0.2, 0.25) is 0 Å². The Balaban J connectivity index is 4.16. The van der Waals surface area contributed by atoms with Crippen molar-refractivity contribution in [2.45, 2.75) is 27.7 Å². The van der Waals surface area contributed by atoms with Gasteiger partial charge in [0.05, 0.1) is 0 Å². The number of allylic oxidation sites excluding steroid dienone is 2. The maximum absolute atomic E-state index is 4.16. The fraction of sp³-hybridized carbons (Fsp3) is 0.500. The van der Waals surface area contributed by atoms with Gasteiger partial charge in [0.25, 0.3) is 0 Å². The van der Waals surface area contributed by atoms with Crippen LogP contribution < -0.4 is 0 Å². The second-order valence-corrected chi connectivity index (χ2v) is 1.98. The number of rotatable bonds is 1. The van der Waals surface area contributed by atoms with Gasteiger partial charge in [0.1, 0.15) is 5.84 Å². The van der Waals surface area contributed by atoms with Crippen molar-refractivity contribution in [3.8, 4) is 0 Å². The molecule has 0 spiro atoms. The van der Waals surface area contributed by atoms with Crippen molar-refractivity contribution in [1.82, 2.24) is 0 Å². The summed E-state index contributed by atoms with van der Waals surface area (Å²) in [5, 5.41) is 0. The zero-order valence-corrected chi connectivity index (χ0v) is 7.05. The van der Waals surface area contributed by atoms with Crippen LogP contribution in [0.15, 0.2) is 21.8 Å². The van der Waals surface area contributed by atoms with Gasteiger partial charge in [0.2, 0.25) is 0 Å². The molecule has 0 aliphatic heterocycles. The van der Waals surface area contributed by atoms with E-state index in [1.165, 1.54) is 0 Å². The number of nitrogens with zero attached hydrogens (tertiary/aromatic N) is 2. The van der Waals surface area contributed by atoms with Gasteiger partial charge in [-0.2, -0.15) is 0 Å². The first kappa shape index (κ1) is 9.08. The van der Waals surface area contributed by atoms with Crippen LogP contribution in [0.1, 0.15) is 27.7 Å². The summed E-state index contributed by atoms with van der Waals surface area (Å²) in [6.45, 7) is 7.67. The summed E-state index contributed by atoms with van der Waals surface area (Å²) >= 11 is 0. The van der Waals surface area contributed by atoms with Gasteiger partial charge in [0.15, 0.2) is 0 Å². The Morgan fingerprint density at radius 1 is 1.20 bits per heavy atom. The van der Waals surface area contributed by atoms with Crippen molar-refractivity contribution >= 4 is 12.1 Å². The van der Waals surface area contributed by atoms with E-state index in [2.05, 4.69) is 9.98 Å². The van der Waals surface area contributed by atoms with E-state index in [1.54, 1.807) is 6.21 Å². The van der Waals surface area contributed by atoms with E-state index in [9.17, 15) is 0 Å². The van der Waals surface area contributed by atoms with Gasteiger partial charge in [-0.1, -0.05) is 6.08 Å². The lowest BCUT2D eigenvalue weighted by atomic mass is 10.5. The molecular formula is C8H14N2. The highest BCUT2D eigenvalue weighted by molar-refractivity contribution is 5.87. The van der Waals surface area contributed by atoms with E-state index < -0.39 is 0 Å². The standard InChI is InChI=1S/C8H14N2/c1-5-7(3)10-8(4)9-6-2/h5-6H,1-4H3/b7-5+,9-6?,10-8?. The van der Waals surface area contributed by atoms with Gasteiger partial charge in [-0.3, -0.25) is 0 Å². The largest absolute Gasteiger partial charge is 0.246 e. The molecule has 10 heavy (non-hydrogen) atoms. The molecule has 0 bridgehead atoms. The summed E-state index contributed by atoms with van der Waals surface area (Å²) in [5.74, 6) is 0.804. The van der Waals surface area contributed by atoms with Crippen LogP contribution in [-0.4, -0.2) is 12.1 Å². The molecule has 0 saturated carbocycles. The molecule has 0 radical (unpaired) electrons. The summed E-state index contributed by atoms with van der Waals surface area (Å²) in [6.07, 6.45) is 3.69. The second-order valence-electron chi connectivity index (χ2n) is 1.98. The van der Waals surface area contributed by atoms with E-state index in [-0.39, 0.29) is 0 Å². The Labute approximate surface area is 62.4 Å². The van der Waals surface area contributed by atoms with Crippen molar-refractivity contribution in [1.29, 1.82) is 0 Å². The molecule has 0 aromatic carbocycles. The number of hydrogen-bond donors (Lipinski definition) is 0. The molecule has 0 aliphatic carbocycles. The monoisotopic (exact) mass is 138 g/mol. The van der Waals surface area contributed by atoms with E-state index in [0.29, 0.717) is 0 Å². The van der Waals surface area contributed by atoms with Crippen molar-refractivity contribution in [2.24, 2.45) is 9.98 Å². The first-order chi connectivity index (χ1) is 4.70. The summed E-state index contributed by atoms with van der Waals surface area (Å²) in [6, 6.07) is 0. The van der Waals surface area contributed by atoms with Crippen LogP contribution in [0.25, 0.3) is 0 Å². The molecule has 0 aromatic heterocycles. The molecule has 0 fully saturated rings. The van der Waals surface area contributed by atoms with Crippen molar-refractivity contribution in [3.63, 3.8) is 0 Å². The van der Waals surface area contributed by atoms with Crippen molar-refractivity contribution < 1.29 is 0 Å². The molecule has 0 rings (SSSR count). The van der Waals surface area contributed by atoms with Crippen molar-refractivity contribution in [3.05, 3.63) is 11.8 Å². The number of aliphatic imine (C=N–C) groups is 2. The minimum absolute atomic E-state index is 0.804. The predicted octanol–water partition coefficient (Wildman–Crippen LogP) is 2.42. The molecule has 56 valence electrons. The first-order valence-electron chi connectivity index (χ1n) is 3.37. The lowest BCUT2D eigenvalue weighted by Crippen LogP contribution is -1.85. The summed E-state index contributed by atoms with van der Waals surface area (Å²) in [4.78, 5) is 8.16. The lowest BCUT2D eigenvalue weighted by molar-refractivity contribution is 1.26. The molecular weight excluding hydrogens is 124 g/mol. The van der Waals surface area contributed by atoms with Crippen LogP contribution in [0.4, 0.5) is 0 Å². The van der Waals surface area contributed by atoms with Crippen molar-refractivity contribution in [2.75, 3.05) is 0 Å². The highest BCUT2D eigenvalue weighted by Gasteiger charge is 1.82. The topological polar surface area (TPSA) is 24.7 Å². The van der Waals surface area contributed by atoms with Crippen LogP contribution in [-0.2, 0) is 0 Å². The van der Waals surface area contributed by atoms with E-state index >= 15 is 0 Å². The van der Waals surface area contributed by atoms with E-state index in [4.69, 9.17) is 0 Å². The minimum atomic E-state index is 0.804. The number of amidine groups is 1. The Kier molecular flexibility index (Phi) is 4.46. The predicted molar refractivity (Wildman–Crippen MR) is 46.7 cm³/mol. The summed E-state index contributed by atoms with van der Waals surface area (Å²) in [7, 11) is 0. The van der Waals surface area contributed by atoms with Crippen LogP contribution >= 0.6 is 0 Å². The first-order valence-corrected chi connectivity index (χ1v) is 3.37. The molecule has 0 aliphatic rings. The molecule has 0 unspecified atom stereocenters. The highest BCUT2D eigenvalue weighted by atomic mass is 14.9.